The number of carbonyl (C=O) groups is 1. The zero-order chi connectivity index (χ0) is 23.7. The molecule has 1 atom stereocenters. The van der Waals surface area contributed by atoms with Crippen molar-refractivity contribution >= 4 is 39.9 Å². The molecule has 0 aliphatic carbocycles. The van der Waals surface area contributed by atoms with Crippen molar-refractivity contribution in [3.05, 3.63) is 83.6 Å². The summed E-state index contributed by atoms with van der Waals surface area (Å²) in [6, 6.07) is 21.2. The molecule has 1 saturated heterocycles. The molecule has 2 heterocycles. The molecule has 1 aliphatic heterocycles. The van der Waals surface area contributed by atoms with Crippen LogP contribution < -0.4 is 10.2 Å². The van der Waals surface area contributed by atoms with E-state index < -0.39 is 0 Å². The minimum atomic E-state index is -0.288. The van der Waals surface area contributed by atoms with E-state index in [-0.39, 0.29) is 17.9 Å². The van der Waals surface area contributed by atoms with E-state index in [1.165, 1.54) is 12.1 Å². The fourth-order valence-electron chi connectivity index (χ4n) is 4.32. The maximum absolute atomic E-state index is 13.4. The fraction of sp³-hybridized carbons (Fsp3) is 0.192. The molecule has 0 bridgehead atoms. The number of piperazine rings is 1. The number of halogens is 2. The molecule has 34 heavy (non-hydrogen) atoms. The summed E-state index contributed by atoms with van der Waals surface area (Å²) in [6.07, 6.45) is 0. The molecule has 172 valence electrons. The summed E-state index contributed by atoms with van der Waals surface area (Å²) in [6.45, 7) is 3.81. The highest BCUT2D eigenvalue weighted by atomic mass is 35.5. The van der Waals surface area contributed by atoms with Gasteiger partial charge in [0.1, 0.15) is 11.5 Å². The predicted octanol–water partition coefficient (Wildman–Crippen LogP) is 5.83. The molecule has 8 heteroatoms. The summed E-state index contributed by atoms with van der Waals surface area (Å²) in [7, 11) is 0. The van der Waals surface area contributed by atoms with Crippen LogP contribution in [-0.2, 0) is 0 Å². The number of aromatic nitrogens is 2. The quantitative estimate of drug-likeness (QED) is 0.405. The van der Waals surface area contributed by atoms with Gasteiger partial charge < -0.3 is 15.1 Å². The molecule has 1 aromatic heterocycles. The van der Waals surface area contributed by atoms with Gasteiger partial charge in [-0.25, -0.2) is 9.18 Å². The van der Waals surface area contributed by atoms with Gasteiger partial charge in [0, 0.05) is 52.7 Å². The van der Waals surface area contributed by atoms with Crippen molar-refractivity contribution in [2.45, 2.75) is 13.0 Å². The number of anilines is 2. The lowest BCUT2D eigenvalue weighted by molar-refractivity contribution is 0.200. The topological polar surface area (TPSA) is 61.4 Å². The van der Waals surface area contributed by atoms with Crippen molar-refractivity contribution in [1.82, 2.24) is 15.1 Å². The maximum Gasteiger partial charge on any atom is 0.321 e. The van der Waals surface area contributed by atoms with Crippen molar-refractivity contribution < 1.29 is 9.18 Å². The molecule has 1 aliphatic rings. The Labute approximate surface area is 202 Å². The van der Waals surface area contributed by atoms with E-state index in [2.05, 4.69) is 27.3 Å². The lowest BCUT2D eigenvalue weighted by atomic mass is 10.0. The monoisotopic (exact) mass is 475 g/mol. The first-order valence-corrected chi connectivity index (χ1v) is 11.5. The number of fused-ring (bicyclic) bond motifs is 1. The molecule has 1 unspecified atom stereocenters. The zero-order valence-electron chi connectivity index (χ0n) is 18.6. The molecule has 1 fully saturated rings. The van der Waals surface area contributed by atoms with E-state index in [4.69, 9.17) is 11.6 Å². The maximum atomic E-state index is 13.4. The second-order valence-electron chi connectivity index (χ2n) is 8.35. The van der Waals surface area contributed by atoms with Gasteiger partial charge in [-0.3, -0.25) is 0 Å². The van der Waals surface area contributed by atoms with Gasteiger partial charge in [0.15, 0.2) is 5.82 Å². The Morgan fingerprint density at radius 2 is 1.68 bits per heavy atom. The molecule has 5 rings (SSSR count). The molecular weight excluding hydrogens is 453 g/mol. The van der Waals surface area contributed by atoms with E-state index >= 15 is 0 Å². The minimum Gasteiger partial charge on any atom is -0.348 e. The molecule has 1 N–H and O–H groups in total. The molecule has 3 aromatic carbocycles. The Kier molecular flexibility index (Phi) is 6.02. The SMILES string of the molecule is CC1CN(C(=O)Nc2ccc(Cl)cc2)CCN1c1nnc(-c2ccc(F)cc2)c2ccccc12. The van der Waals surface area contributed by atoms with E-state index in [0.29, 0.717) is 36.0 Å². The van der Waals surface area contributed by atoms with Gasteiger partial charge in [-0.2, -0.15) is 0 Å². The summed E-state index contributed by atoms with van der Waals surface area (Å²) in [5.41, 5.74) is 2.24. The lowest BCUT2D eigenvalue weighted by Crippen LogP contribution is -2.55. The summed E-state index contributed by atoms with van der Waals surface area (Å²) >= 11 is 5.93. The summed E-state index contributed by atoms with van der Waals surface area (Å²) < 4.78 is 13.4. The molecular formula is C26H23ClFN5O. The largest absolute Gasteiger partial charge is 0.348 e. The van der Waals surface area contributed by atoms with E-state index in [0.717, 1.165) is 22.2 Å². The molecule has 0 radical (unpaired) electrons. The van der Waals surface area contributed by atoms with Crippen LogP contribution in [-0.4, -0.2) is 46.8 Å². The van der Waals surface area contributed by atoms with E-state index in [1.54, 1.807) is 41.3 Å². The third-order valence-electron chi connectivity index (χ3n) is 6.07. The van der Waals surface area contributed by atoms with Crippen molar-refractivity contribution in [2.24, 2.45) is 0 Å². The number of urea groups is 1. The average Bonchev–Trinajstić information content (AvgIpc) is 2.85. The first kappa shape index (κ1) is 22.1. The van der Waals surface area contributed by atoms with Crippen molar-refractivity contribution in [3.8, 4) is 11.3 Å². The number of nitrogens with zero attached hydrogens (tertiary/aromatic N) is 4. The Morgan fingerprint density at radius 1 is 0.971 bits per heavy atom. The Hall–Kier alpha value is -3.71. The Bertz CT molecular complexity index is 1330. The van der Waals surface area contributed by atoms with Crippen LogP contribution >= 0.6 is 11.6 Å². The van der Waals surface area contributed by atoms with Crippen LogP contribution in [0.2, 0.25) is 5.02 Å². The normalized spacial score (nSPS) is 16.0. The molecule has 6 nitrogen and oxygen atoms in total. The zero-order valence-corrected chi connectivity index (χ0v) is 19.3. The standard InChI is InChI=1S/C26H23ClFN5O/c1-17-16-32(26(34)29-21-12-8-19(27)9-13-21)14-15-33(17)25-23-5-3-2-4-22(23)24(30-31-25)18-6-10-20(28)11-7-18/h2-13,17H,14-16H2,1H3,(H,29,34). The molecule has 4 aromatic rings. The van der Waals surface area contributed by atoms with Gasteiger partial charge in [0.25, 0.3) is 0 Å². The van der Waals surface area contributed by atoms with Gasteiger partial charge in [-0.15, -0.1) is 10.2 Å². The number of rotatable bonds is 3. The van der Waals surface area contributed by atoms with Crippen LogP contribution in [0.15, 0.2) is 72.8 Å². The highest BCUT2D eigenvalue weighted by Crippen LogP contribution is 2.33. The van der Waals surface area contributed by atoms with E-state index in [9.17, 15) is 9.18 Å². The molecule has 2 amide bonds. The highest BCUT2D eigenvalue weighted by molar-refractivity contribution is 6.30. The summed E-state index contributed by atoms with van der Waals surface area (Å²) in [5, 5.41) is 14.6. The number of nitrogens with one attached hydrogen (secondary N) is 1. The second kappa shape index (κ2) is 9.27. The van der Waals surface area contributed by atoms with Crippen LogP contribution in [0.4, 0.5) is 20.7 Å². The number of hydrogen-bond donors (Lipinski definition) is 1. The van der Waals surface area contributed by atoms with E-state index in [1.807, 2.05) is 24.3 Å². The number of benzene rings is 3. The van der Waals surface area contributed by atoms with Crippen molar-refractivity contribution in [3.63, 3.8) is 0 Å². The van der Waals surface area contributed by atoms with Crippen LogP contribution in [0, 0.1) is 5.82 Å². The van der Waals surface area contributed by atoms with Crippen molar-refractivity contribution in [2.75, 3.05) is 29.9 Å². The highest BCUT2D eigenvalue weighted by Gasteiger charge is 2.29. The van der Waals surface area contributed by atoms with Gasteiger partial charge in [-0.05, 0) is 55.5 Å². The molecule has 0 saturated carbocycles. The van der Waals surface area contributed by atoms with Crippen LogP contribution in [0.5, 0.6) is 0 Å². The van der Waals surface area contributed by atoms with Crippen molar-refractivity contribution in [1.29, 1.82) is 0 Å². The summed E-state index contributed by atoms with van der Waals surface area (Å²) in [4.78, 5) is 16.8. The predicted molar refractivity (Wildman–Crippen MR) is 134 cm³/mol. The molecule has 0 spiro atoms. The third kappa shape index (κ3) is 4.39. The smallest absolute Gasteiger partial charge is 0.321 e. The second-order valence-corrected chi connectivity index (χ2v) is 8.79. The minimum absolute atomic E-state index is 0.0408. The number of carbonyl (C=O) groups excluding carboxylic acids is 1. The van der Waals surface area contributed by atoms with Gasteiger partial charge in [-0.1, -0.05) is 35.9 Å². The van der Waals surface area contributed by atoms with Gasteiger partial charge in [0.2, 0.25) is 0 Å². The third-order valence-corrected chi connectivity index (χ3v) is 6.32. The summed E-state index contributed by atoms with van der Waals surface area (Å²) in [5.74, 6) is 0.496. The van der Waals surface area contributed by atoms with Crippen LogP contribution in [0.3, 0.4) is 0 Å². The van der Waals surface area contributed by atoms with Gasteiger partial charge in [0.05, 0.1) is 0 Å². The number of hydrogen-bond acceptors (Lipinski definition) is 4. The Morgan fingerprint density at radius 3 is 2.38 bits per heavy atom. The number of amides is 2. The van der Waals surface area contributed by atoms with Crippen LogP contribution in [0.1, 0.15) is 6.92 Å². The first-order valence-electron chi connectivity index (χ1n) is 11.1. The first-order chi connectivity index (χ1) is 16.5. The Balaban J connectivity index is 1.37. The average molecular weight is 476 g/mol. The van der Waals surface area contributed by atoms with Gasteiger partial charge >= 0.3 is 6.03 Å². The van der Waals surface area contributed by atoms with Crippen LogP contribution in [0.25, 0.3) is 22.0 Å². The fourth-order valence-corrected chi connectivity index (χ4v) is 4.44. The lowest BCUT2D eigenvalue weighted by Gasteiger charge is -2.40.